The lowest BCUT2D eigenvalue weighted by molar-refractivity contribution is 0.406. The lowest BCUT2D eigenvalue weighted by Gasteiger charge is -2.16. The fraction of sp³-hybridized carbons (Fsp3) is 0.818. The van der Waals surface area contributed by atoms with Crippen LogP contribution in [-0.2, 0) is 0 Å². The third-order valence-electron chi connectivity index (χ3n) is 2.65. The third kappa shape index (κ3) is 2.34. The molecule has 1 nitrogen and oxygen atoms in total. The maximum Gasteiger partial charge on any atom is 0.0282 e. The van der Waals surface area contributed by atoms with Crippen molar-refractivity contribution in [1.29, 1.82) is 0 Å². The predicted octanol–water partition coefficient (Wildman–Crippen LogP) is 2.73. The number of hydrogen-bond donors (Lipinski definition) is 1. The molecule has 1 aliphatic heterocycles. The molecule has 0 aliphatic carbocycles. The minimum Gasteiger partial charge on any atom is -0.310 e. The van der Waals surface area contributed by atoms with Crippen LogP contribution in [-0.4, -0.2) is 12.6 Å². The Kier molecular flexibility index (Phi) is 2.94. The molecule has 1 rings (SSSR count). The van der Waals surface area contributed by atoms with Crippen LogP contribution in [0.15, 0.2) is 12.2 Å². The van der Waals surface area contributed by atoms with Gasteiger partial charge in [0.05, 0.1) is 0 Å². The first kappa shape index (κ1) is 9.79. The summed E-state index contributed by atoms with van der Waals surface area (Å²) in [5, 5.41) is 3.53. The van der Waals surface area contributed by atoms with E-state index >= 15 is 0 Å². The van der Waals surface area contributed by atoms with Crippen LogP contribution < -0.4 is 5.32 Å². The van der Waals surface area contributed by atoms with Gasteiger partial charge in [0.1, 0.15) is 0 Å². The summed E-state index contributed by atoms with van der Waals surface area (Å²) in [5.41, 5.74) is 1.87. The molecule has 1 unspecified atom stereocenters. The molecule has 0 bridgehead atoms. The van der Waals surface area contributed by atoms with Gasteiger partial charge < -0.3 is 5.32 Å². The van der Waals surface area contributed by atoms with Gasteiger partial charge >= 0.3 is 0 Å². The molecular weight excluding hydrogens is 146 g/mol. The van der Waals surface area contributed by atoms with Crippen LogP contribution in [0.2, 0.25) is 0 Å². The van der Waals surface area contributed by atoms with Crippen LogP contribution in [0.3, 0.4) is 0 Å². The Hall–Kier alpha value is -0.300. The fourth-order valence-electron chi connectivity index (χ4n) is 1.88. The van der Waals surface area contributed by atoms with Crippen molar-refractivity contribution in [3.05, 3.63) is 12.2 Å². The number of nitrogens with one attached hydrogen (secondary N) is 1. The topological polar surface area (TPSA) is 12.0 Å². The predicted molar refractivity (Wildman–Crippen MR) is 54.2 cm³/mol. The smallest absolute Gasteiger partial charge is 0.0282 e. The molecule has 1 N–H and O–H groups in total. The second-order valence-corrected chi connectivity index (χ2v) is 4.71. The first-order valence-electron chi connectivity index (χ1n) is 4.96. The van der Waals surface area contributed by atoms with E-state index in [4.69, 9.17) is 0 Å². The molecule has 0 radical (unpaired) electrons. The molecular formula is C11H21N. The van der Waals surface area contributed by atoms with E-state index in [1.54, 1.807) is 0 Å². The molecule has 0 saturated carbocycles. The van der Waals surface area contributed by atoms with Gasteiger partial charge in [-0.25, -0.2) is 0 Å². The Morgan fingerprint density at radius 2 is 2.25 bits per heavy atom. The van der Waals surface area contributed by atoms with Crippen molar-refractivity contribution in [2.75, 3.05) is 6.54 Å². The van der Waals surface area contributed by atoms with E-state index in [0.29, 0.717) is 11.5 Å². The van der Waals surface area contributed by atoms with E-state index in [2.05, 4.69) is 32.7 Å². The SMILES string of the molecule is C=C(CCC)C1CC(C)(C)CN1. The Balaban J connectivity index is 2.41. The van der Waals surface area contributed by atoms with Gasteiger partial charge in [-0.15, -0.1) is 0 Å². The van der Waals surface area contributed by atoms with Crippen LogP contribution in [0.25, 0.3) is 0 Å². The van der Waals surface area contributed by atoms with Gasteiger partial charge in [-0.2, -0.15) is 0 Å². The van der Waals surface area contributed by atoms with Gasteiger partial charge in [-0.05, 0) is 18.3 Å². The van der Waals surface area contributed by atoms with Crippen molar-refractivity contribution in [2.45, 2.75) is 46.1 Å². The number of hydrogen-bond acceptors (Lipinski definition) is 1. The summed E-state index contributed by atoms with van der Waals surface area (Å²) in [6.07, 6.45) is 3.65. The summed E-state index contributed by atoms with van der Waals surface area (Å²) in [6, 6.07) is 0.583. The summed E-state index contributed by atoms with van der Waals surface area (Å²) < 4.78 is 0. The van der Waals surface area contributed by atoms with Crippen LogP contribution >= 0.6 is 0 Å². The van der Waals surface area contributed by atoms with Crippen molar-refractivity contribution >= 4 is 0 Å². The molecule has 1 fully saturated rings. The molecule has 1 heteroatoms. The highest BCUT2D eigenvalue weighted by Crippen LogP contribution is 2.30. The maximum atomic E-state index is 4.13. The number of rotatable bonds is 3. The summed E-state index contributed by atoms with van der Waals surface area (Å²) >= 11 is 0. The summed E-state index contributed by atoms with van der Waals surface area (Å²) in [6.45, 7) is 12.1. The first-order chi connectivity index (χ1) is 5.55. The minimum absolute atomic E-state index is 0.474. The van der Waals surface area contributed by atoms with Gasteiger partial charge in [0.2, 0.25) is 0 Å². The van der Waals surface area contributed by atoms with Gasteiger partial charge in [0.25, 0.3) is 0 Å². The molecule has 0 aromatic carbocycles. The molecule has 0 spiro atoms. The molecule has 1 heterocycles. The quantitative estimate of drug-likeness (QED) is 0.637. The van der Waals surface area contributed by atoms with E-state index in [-0.39, 0.29) is 0 Å². The largest absolute Gasteiger partial charge is 0.310 e. The Morgan fingerprint density at radius 3 is 2.67 bits per heavy atom. The second-order valence-electron chi connectivity index (χ2n) is 4.71. The van der Waals surface area contributed by atoms with Crippen molar-refractivity contribution < 1.29 is 0 Å². The zero-order chi connectivity index (χ0) is 9.19. The van der Waals surface area contributed by atoms with Gasteiger partial charge in [0, 0.05) is 12.6 Å². The molecule has 1 saturated heterocycles. The fourth-order valence-corrected chi connectivity index (χ4v) is 1.88. The highest BCUT2D eigenvalue weighted by atomic mass is 15.0. The normalized spacial score (nSPS) is 27.4. The molecule has 70 valence electrons. The van der Waals surface area contributed by atoms with Crippen LogP contribution in [0.1, 0.15) is 40.0 Å². The zero-order valence-corrected chi connectivity index (χ0v) is 8.61. The average Bonchev–Trinajstić information content (AvgIpc) is 2.31. The summed E-state index contributed by atoms with van der Waals surface area (Å²) in [7, 11) is 0. The monoisotopic (exact) mass is 167 g/mol. The lowest BCUT2D eigenvalue weighted by Crippen LogP contribution is -2.23. The van der Waals surface area contributed by atoms with E-state index in [1.807, 2.05) is 0 Å². The Bertz CT molecular complexity index is 170. The summed E-state index contributed by atoms with van der Waals surface area (Å²) in [4.78, 5) is 0. The zero-order valence-electron chi connectivity index (χ0n) is 8.61. The van der Waals surface area contributed by atoms with Crippen molar-refractivity contribution in [3.63, 3.8) is 0 Å². The van der Waals surface area contributed by atoms with Crippen molar-refractivity contribution in [2.24, 2.45) is 5.41 Å². The standard InChI is InChI=1S/C11H21N/c1-5-6-9(2)10-7-11(3,4)8-12-10/h10,12H,2,5-8H2,1,3-4H3. The van der Waals surface area contributed by atoms with Crippen LogP contribution in [0.5, 0.6) is 0 Å². The van der Waals surface area contributed by atoms with Gasteiger partial charge in [-0.1, -0.05) is 39.3 Å². The van der Waals surface area contributed by atoms with E-state index in [1.165, 1.54) is 24.8 Å². The Morgan fingerprint density at radius 1 is 1.58 bits per heavy atom. The highest BCUT2D eigenvalue weighted by molar-refractivity contribution is 5.10. The molecule has 12 heavy (non-hydrogen) atoms. The summed E-state index contributed by atoms with van der Waals surface area (Å²) in [5.74, 6) is 0. The molecule has 0 amide bonds. The van der Waals surface area contributed by atoms with E-state index in [0.717, 1.165) is 6.54 Å². The van der Waals surface area contributed by atoms with Crippen molar-refractivity contribution in [1.82, 2.24) is 5.32 Å². The van der Waals surface area contributed by atoms with Crippen molar-refractivity contribution in [3.8, 4) is 0 Å². The molecule has 1 atom stereocenters. The van der Waals surface area contributed by atoms with E-state index < -0.39 is 0 Å². The molecule has 1 aliphatic rings. The third-order valence-corrected chi connectivity index (χ3v) is 2.65. The van der Waals surface area contributed by atoms with Crippen LogP contribution in [0, 0.1) is 5.41 Å². The molecule has 0 aromatic heterocycles. The minimum atomic E-state index is 0.474. The highest BCUT2D eigenvalue weighted by Gasteiger charge is 2.31. The van der Waals surface area contributed by atoms with Gasteiger partial charge in [0.15, 0.2) is 0 Å². The van der Waals surface area contributed by atoms with E-state index in [9.17, 15) is 0 Å². The van der Waals surface area contributed by atoms with Gasteiger partial charge in [-0.3, -0.25) is 0 Å². The Labute approximate surface area is 76.2 Å². The first-order valence-corrected chi connectivity index (χ1v) is 4.96. The second kappa shape index (κ2) is 3.61. The lowest BCUT2D eigenvalue weighted by atomic mass is 9.88. The van der Waals surface area contributed by atoms with Crippen LogP contribution in [0.4, 0.5) is 0 Å². The maximum absolute atomic E-state index is 4.13. The average molecular weight is 167 g/mol. The molecule has 0 aromatic rings.